The number of nitrogens with zero attached hydrogens (tertiary/aromatic N) is 1. The lowest BCUT2D eigenvalue weighted by molar-refractivity contribution is 0.198. The van der Waals surface area contributed by atoms with Crippen LogP contribution >= 0.6 is 15.2 Å². The fraction of sp³-hybridized carbons (Fsp3) is 0.812. The second-order valence-corrected chi connectivity index (χ2v) is 10.2. The summed E-state index contributed by atoms with van der Waals surface area (Å²) in [6.07, 6.45) is 2.68. The zero-order valence-corrected chi connectivity index (χ0v) is 18.6. The number of hydrogen-bond acceptors (Lipinski definition) is 9. The van der Waals surface area contributed by atoms with Gasteiger partial charge in [0.1, 0.15) is 5.76 Å². The summed E-state index contributed by atoms with van der Waals surface area (Å²) in [5.74, 6) is 0.939. The van der Waals surface area contributed by atoms with Crippen LogP contribution in [0, 0.1) is 0 Å². The molecule has 0 bridgehead atoms. The van der Waals surface area contributed by atoms with Crippen molar-refractivity contribution in [2.45, 2.75) is 59.4 Å². The summed E-state index contributed by atoms with van der Waals surface area (Å²) in [4.78, 5) is 0. The summed E-state index contributed by atoms with van der Waals surface area (Å²) in [6.45, 7) is 9.20. The van der Waals surface area contributed by atoms with Gasteiger partial charge >= 0.3 is 15.2 Å². The summed E-state index contributed by atoms with van der Waals surface area (Å²) < 4.78 is 53.6. The third-order valence-electron chi connectivity index (χ3n) is 3.45. The molecule has 11 heteroatoms. The average Bonchev–Trinajstić information content (AvgIpc) is 3.06. The van der Waals surface area contributed by atoms with Crippen LogP contribution in [0.15, 0.2) is 10.6 Å². The molecular formula is C16H32N2O7P2. The van der Waals surface area contributed by atoms with E-state index in [4.69, 9.17) is 22.6 Å². The summed E-state index contributed by atoms with van der Waals surface area (Å²) in [6, 6.07) is 1.67. The lowest BCUT2D eigenvalue weighted by Crippen LogP contribution is -2.25. The van der Waals surface area contributed by atoms with Crippen molar-refractivity contribution in [3.63, 3.8) is 0 Å². The Morgan fingerprint density at radius 2 is 1.44 bits per heavy atom. The Morgan fingerprint density at radius 1 is 0.963 bits per heavy atom. The Kier molecular flexibility index (Phi) is 10.8. The maximum Gasteiger partial charge on any atom is 0.365 e. The second-order valence-electron chi connectivity index (χ2n) is 5.55. The monoisotopic (exact) mass is 426 g/mol. The van der Waals surface area contributed by atoms with Crippen LogP contribution in [0.5, 0.6) is 0 Å². The fourth-order valence-corrected chi connectivity index (χ4v) is 7.31. The summed E-state index contributed by atoms with van der Waals surface area (Å²) >= 11 is 0. The molecule has 0 saturated carbocycles. The molecule has 0 aliphatic heterocycles. The van der Waals surface area contributed by atoms with Crippen molar-refractivity contribution in [3.8, 4) is 0 Å². The Morgan fingerprint density at radius 3 is 1.85 bits per heavy atom. The first-order valence-electron chi connectivity index (χ1n) is 9.38. The van der Waals surface area contributed by atoms with Gasteiger partial charge in [0.05, 0.1) is 26.4 Å². The summed E-state index contributed by atoms with van der Waals surface area (Å²) in [7, 11) is -7.79. The van der Waals surface area contributed by atoms with E-state index in [0.717, 1.165) is 19.3 Å². The van der Waals surface area contributed by atoms with E-state index in [1.165, 1.54) is 0 Å². The van der Waals surface area contributed by atoms with Gasteiger partial charge in [0, 0.05) is 12.5 Å². The molecule has 0 aliphatic carbocycles. The molecule has 1 N–H and O–H groups in total. The summed E-state index contributed by atoms with van der Waals surface area (Å²) in [5.41, 5.74) is -1.37. The number of rotatable bonds is 15. The van der Waals surface area contributed by atoms with E-state index in [9.17, 15) is 9.13 Å². The molecular weight excluding hydrogens is 394 g/mol. The topological polar surface area (TPSA) is 109 Å². The van der Waals surface area contributed by atoms with Crippen LogP contribution in [0.4, 0.5) is 5.82 Å². The van der Waals surface area contributed by atoms with Crippen molar-refractivity contribution in [2.75, 3.05) is 31.7 Å². The van der Waals surface area contributed by atoms with E-state index in [2.05, 4.69) is 17.4 Å². The van der Waals surface area contributed by atoms with Crippen molar-refractivity contribution in [2.24, 2.45) is 0 Å². The van der Waals surface area contributed by atoms with Crippen LogP contribution < -0.4 is 5.32 Å². The highest BCUT2D eigenvalue weighted by Crippen LogP contribution is 2.70. The maximum absolute atomic E-state index is 13.4. The largest absolute Gasteiger partial charge is 0.365 e. The van der Waals surface area contributed by atoms with Crippen LogP contribution in [0.1, 0.15) is 53.2 Å². The van der Waals surface area contributed by atoms with Gasteiger partial charge in [-0.05, 0) is 34.1 Å². The molecule has 0 fully saturated rings. The van der Waals surface area contributed by atoms with Crippen LogP contribution in [0.2, 0.25) is 0 Å². The number of hydrogen-bond donors (Lipinski definition) is 1. The van der Waals surface area contributed by atoms with Crippen LogP contribution in [0.25, 0.3) is 0 Å². The average molecular weight is 426 g/mol. The van der Waals surface area contributed by atoms with Gasteiger partial charge in [-0.3, -0.25) is 9.13 Å². The highest BCUT2D eigenvalue weighted by Gasteiger charge is 2.51. The zero-order chi connectivity index (χ0) is 20.3. The minimum atomic E-state index is -3.89. The number of nitrogens with one attached hydrogen (secondary N) is 1. The van der Waals surface area contributed by atoms with Gasteiger partial charge < -0.3 is 27.9 Å². The Hall–Kier alpha value is -0.690. The molecule has 0 saturated heterocycles. The predicted molar refractivity (Wildman–Crippen MR) is 104 cm³/mol. The van der Waals surface area contributed by atoms with Crippen molar-refractivity contribution in [1.82, 2.24) is 5.16 Å². The third kappa shape index (κ3) is 7.00. The van der Waals surface area contributed by atoms with Gasteiger partial charge in [0.25, 0.3) is 0 Å². The van der Waals surface area contributed by atoms with E-state index in [1.54, 1.807) is 33.8 Å². The van der Waals surface area contributed by atoms with E-state index < -0.39 is 20.7 Å². The highest BCUT2D eigenvalue weighted by molar-refractivity contribution is 7.72. The molecule has 0 aromatic carbocycles. The van der Waals surface area contributed by atoms with Crippen molar-refractivity contribution in [1.29, 1.82) is 0 Å². The highest BCUT2D eigenvalue weighted by atomic mass is 31.2. The number of anilines is 1. The Bertz CT molecular complexity index is 588. The van der Waals surface area contributed by atoms with Gasteiger partial charge in [-0.2, -0.15) is 0 Å². The van der Waals surface area contributed by atoms with Gasteiger partial charge in [0.15, 0.2) is 5.82 Å². The molecule has 1 rings (SSSR count). The smallest absolute Gasteiger partial charge is 0.359 e. The second kappa shape index (κ2) is 12.0. The van der Waals surface area contributed by atoms with Crippen molar-refractivity contribution in [3.05, 3.63) is 11.8 Å². The molecule has 0 radical (unpaired) electrons. The van der Waals surface area contributed by atoms with E-state index in [-0.39, 0.29) is 32.2 Å². The van der Waals surface area contributed by atoms with Crippen molar-refractivity contribution < 1.29 is 31.7 Å². The normalized spacial score (nSPS) is 12.7. The van der Waals surface area contributed by atoms with E-state index >= 15 is 0 Å². The molecule has 0 unspecified atom stereocenters. The van der Waals surface area contributed by atoms with E-state index in [0.29, 0.717) is 5.76 Å². The van der Waals surface area contributed by atoms with Crippen molar-refractivity contribution >= 4 is 21.0 Å². The SMILES string of the molecule is CCCCc1cc(NC(P(=O)(OCC)OCC)P(=O)(OCC)OCC)no1. The lowest BCUT2D eigenvalue weighted by atomic mass is 10.2. The van der Waals surface area contributed by atoms with Gasteiger partial charge in [-0.15, -0.1) is 0 Å². The van der Waals surface area contributed by atoms with Gasteiger partial charge in [-0.25, -0.2) is 0 Å². The first kappa shape index (κ1) is 24.3. The van der Waals surface area contributed by atoms with Gasteiger partial charge in [-0.1, -0.05) is 18.5 Å². The first-order chi connectivity index (χ1) is 12.9. The summed E-state index contributed by atoms with van der Waals surface area (Å²) in [5, 5.41) is 6.79. The van der Waals surface area contributed by atoms with Crippen LogP contribution in [0.3, 0.4) is 0 Å². The molecule has 0 amide bonds. The zero-order valence-electron chi connectivity index (χ0n) is 16.8. The Balaban J connectivity index is 3.25. The standard InChI is InChI=1S/C16H32N2O7P2/c1-6-11-12-14-13-15(18-25-14)17-16(26(19,21-7-2)22-8-3)27(20,23-9-4)24-10-5/h13,16H,6-12H2,1-5H3,(H,17,18). The maximum atomic E-state index is 13.4. The number of aryl methyl sites for hydroxylation is 1. The molecule has 27 heavy (non-hydrogen) atoms. The quantitative estimate of drug-likeness (QED) is 0.376. The minimum Gasteiger partial charge on any atom is -0.359 e. The molecule has 9 nitrogen and oxygen atoms in total. The molecule has 0 atom stereocenters. The molecule has 1 aromatic rings. The molecule has 0 aliphatic rings. The molecule has 1 aromatic heterocycles. The fourth-order valence-electron chi connectivity index (χ4n) is 2.39. The van der Waals surface area contributed by atoms with Gasteiger partial charge in [0.2, 0.25) is 5.52 Å². The van der Waals surface area contributed by atoms with E-state index in [1.807, 2.05) is 0 Å². The van der Waals surface area contributed by atoms with Crippen LogP contribution in [-0.4, -0.2) is 37.1 Å². The minimum absolute atomic E-state index is 0.105. The number of unbranched alkanes of at least 4 members (excludes halogenated alkanes) is 1. The lowest BCUT2D eigenvalue weighted by Gasteiger charge is -2.31. The predicted octanol–water partition coefficient (Wildman–Crippen LogP) is 5.24. The molecule has 0 spiro atoms. The Labute approximate surface area is 161 Å². The first-order valence-corrected chi connectivity index (χ1v) is 12.6. The third-order valence-corrected chi connectivity index (χ3v) is 9.07. The molecule has 1 heterocycles. The van der Waals surface area contributed by atoms with Crippen LogP contribution in [-0.2, 0) is 33.6 Å². The number of aromatic nitrogens is 1. The molecule has 158 valence electrons.